The van der Waals surface area contributed by atoms with Crippen molar-refractivity contribution < 1.29 is 9.84 Å². The maximum atomic E-state index is 9.61. The molecule has 1 aromatic heterocycles. The van der Waals surface area contributed by atoms with Crippen LogP contribution in [0, 0.1) is 0 Å². The van der Waals surface area contributed by atoms with E-state index in [1.54, 1.807) is 7.11 Å². The molecule has 0 spiro atoms. The third-order valence-electron chi connectivity index (χ3n) is 5.74. The zero-order chi connectivity index (χ0) is 20.1. The highest BCUT2D eigenvalue weighted by Crippen LogP contribution is 2.21. The Labute approximate surface area is 172 Å². The molecule has 1 saturated heterocycles. The van der Waals surface area contributed by atoms with Gasteiger partial charge in [-0.3, -0.25) is 14.8 Å². The van der Waals surface area contributed by atoms with Gasteiger partial charge in [-0.2, -0.15) is 0 Å². The first-order chi connectivity index (χ1) is 14.2. The lowest BCUT2D eigenvalue weighted by Crippen LogP contribution is -2.52. The minimum Gasteiger partial charge on any atom is -0.497 e. The van der Waals surface area contributed by atoms with Crippen LogP contribution >= 0.6 is 0 Å². The van der Waals surface area contributed by atoms with E-state index >= 15 is 0 Å². The molecule has 0 unspecified atom stereocenters. The average molecular weight is 392 g/mol. The molecular formula is C24H29N3O2. The lowest BCUT2D eigenvalue weighted by Gasteiger charge is -2.41. The Kier molecular flexibility index (Phi) is 6.39. The van der Waals surface area contributed by atoms with Gasteiger partial charge in [-0.1, -0.05) is 24.3 Å². The van der Waals surface area contributed by atoms with Crippen molar-refractivity contribution in [2.75, 3.05) is 33.4 Å². The number of aliphatic hydroxyl groups excluding tert-OH is 1. The van der Waals surface area contributed by atoms with Crippen molar-refractivity contribution in [2.24, 2.45) is 0 Å². The van der Waals surface area contributed by atoms with E-state index < -0.39 is 0 Å². The summed E-state index contributed by atoms with van der Waals surface area (Å²) in [6, 6.07) is 19.3. The molecule has 1 fully saturated rings. The number of aliphatic hydroxyl groups is 1. The van der Waals surface area contributed by atoms with Gasteiger partial charge in [0.15, 0.2) is 0 Å². The first-order valence-electron chi connectivity index (χ1n) is 10.3. The van der Waals surface area contributed by atoms with Gasteiger partial charge in [0.2, 0.25) is 0 Å². The Balaban J connectivity index is 1.42. The number of benzene rings is 2. The molecule has 0 aliphatic carbocycles. The first-order valence-corrected chi connectivity index (χ1v) is 10.3. The lowest BCUT2D eigenvalue weighted by atomic mass is 10.1. The number of hydrogen-bond acceptors (Lipinski definition) is 5. The van der Waals surface area contributed by atoms with Crippen LogP contribution in [0.4, 0.5) is 0 Å². The van der Waals surface area contributed by atoms with Gasteiger partial charge in [-0.15, -0.1) is 0 Å². The summed E-state index contributed by atoms with van der Waals surface area (Å²) in [5, 5.41) is 10.8. The Morgan fingerprint density at radius 1 is 1.03 bits per heavy atom. The van der Waals surface area contributed by atoms with Crippen LogP contribution in [0.1, 0.15) is 17.5 Å². The fourth-order valence-corrected chi connectivity index (χ4v) is 4.22. The Hall–Kier alpha value is -2.47. The molecule has 2 aromatic carbocycles. The Morgan fingerprint density at radius 3 is 2.79 bits per heavy atom. The van der Waals surface area contributed by atoms with Crippen molar-refractivity contribution in [2.45, 2.75) is 25.6 Å². The lowest BCUT2D eigenvalue weighted by molar-refractivity contribution is 0.0499. The topological polar surface area (TPSA) is 48.8 Å². The molecule has 5 nitrogen and oxygen atoms in total. The third kappa shape index (κ3) is 4.93. The fraction of sp³-hybridized carbons (Fsp3) is 0.375. The van der Waals surface area contributed by atoms with Crippen LogP contribution in [-0.2, 0) is 13.1 Å². The highest BCUT2D eigenvalue weighted by Gasteiger charge is 2.26. The summed E-state index contributed by atoms with van der Waals surface area (Å²) in [6.45, 7) is 5.02. The number of rotatable bonds is 7. The summed E-state index contributed by atoms with van der Waals surface area (Å²) in [5.74, 6) is 0.894. The number of ether oxygens (including phenoxy) is 1. The predicted molar refractivity (Wildman–Crippen MR) is 116 cm³/mol. The van der Waals surface area contributed by atoms with E-state index in [2.05, 4.69) is 51.2 Å². The number of methoxy groups -OCH3 is 1. The van der Waals surface area contributed by atoms with Gasteiger partial charge in [-0.05, 0) is 47.9 Å². The number of fused-ring (bicyclic) bond motifs is 1. The van der Waals surface area contributed by atoms with Crippen molar-refractivity contribution in [1.82, 2.24) is 14.8 Å². The van der Waals surface area contributed by atoms with Crippen molar-refractivity contribution >= 4 is 10.9 Å². The molecule has 152 valence electrons. The maximum absolute atomic E-state index is 9.61. The van der Waals surface area contributed by atoms with Gasteiger partial charge < -0.3 is 9.84 Å². The van der Waals surface area contributed by atoms with E-state index in [4.69, 9.17) is 4.74 Å². The van der Waals surface area contributed by atoms with E-state index in [1.807, 2.05) is 24.4 Å². The molecule has 0 saturated carbocycles. The van der Waals surface area contributed by atoms with E-state index in [0.29, 0.717) is 6.04 Å². The zero-order valence-corrected chi connectivity index (χ0v) is 17.0. The van der Waals surface area contributed by atoms with Gasteiger partial charge in [0.25, 0.3) is 0 Å². The third-order valence-corrected chi connectivity index (χ3v) is 5.74. The quantitative estimate of drug-likeness (QED) is 0.670. The summed E-state index contributed by atoms with van der Waals surface area (Å²) < 4.78 is 5.36. The van der Waals surface area contributed by atoms with Gasteiger partial charge in [0, 0.05) is 57.0 Å². The molecule has 1 aliphatic heterocycles. The molecule has 5 heteroatoms. The SMILES string of the molecule is COc1cccc(CN2CCN(Cc3ccc4ncccc4c3)C[C@H]2CCO)c1. The minimum atomic E-state index is 0.217. The van der Waals surface area contributed by atoms with Crippen molar-refractivity contribution in [3.63, 3.8) is 0 Å². The van der Waals surface area contributed by atoms with Crippen LogP contribution in [0.2, 0.25) is 0 Å². The molecule has 2 heterocycles. The highest BCUT2D eigenvalue weighted by atomic mass is 16.5. The van der Waals surface area contributed by atoms with Gasteiger partial charge in [-0.25, -0.2) is 0 Å². The molecule has 1 N–H and O–H groups in total. The summed E-state index contributed by atoms with van der Waals surface area (Å²) >= 11 is 0. The largest absolute Gasteiger partial charge is 0.497 e. The molecule has 0 bridgehead atoms. The van der Waals surface area contributed by atoms with E-state index in [0.717, 1.165) is 50.4 Å². The second-order valence-electron chi connectivity index (χ2n) is 7.75. The van der Waals surface area contributed by atoms with Crippen molar-refractivity contribution in [1.29, 1.82) is 0 Å². The predicted octanol–water partition coefficient (Wildman–Crippen LogP) is 3.31. The summed E-state index contributed by atoms with van der Waals surface area (Å²) in [4.78, 5) is 9.40. The van der Waals surface area contributed by atoms with Crippen LogP contribution in [0.15, 0.2) is 60.8 Å². The number of nitrogens with zero attached hydrogens (tertiary/aromatic N) is 3. The second kappa shape index (κ2) is 9.35. The average Bonchev–Trinajstić information content (AvgIpc) is 2.76. The molecular weight excluding hydrogens is 362 g/mol. The normalized spacial score (nSPS) is 18.2. The molecule has 29 heavy (non-hydrogen) atoms. The van der Waals surface area contributed by atoms with E-state index in [-0.39, 0.29) is 6.61 Å². The Morgan fingerprint density at radius 2 is 1.93 bits per heavy atom. The number of hydrogen-bond donors (Lipinski definition) is 1. The monoisotopic (exact) mass is 391 g/mol. The molecule has 4 rings (SSSR count). The van der Waals surface area contributed by atoms with E-state index in [1.165, 1.54) is 16.5 Å². The van der Waals surface area contributed by atoms with Crippen LogP contribution in [0.5, 0.6) is 5.75 Å². The molecule has 0 radical (unpaired) electrons. The number of aromatic nitrogens is 1. The Bertz CT molecular complexity index is 946. The molecule has 3 aromatic rings. The zero-order valence-electron chi connectivity index (χ0n) is 17.0. The number of piperazine rings is 1. The summed E-state index contributed by atoms with van der Waals surface area (Å²) in [6.07, 6.45) is 2.63. The first kappa shape index (κ1) is 19.8. The van der Waals surface area contributed by atoms with Crippen molar-refractivity contribution in [3.05, 3.63) is 71.9 Å². The van der Waals surface area contributed by atoms with Crippen LogP contribution in [-0.4, -0.2) is 59.3 Å². The summed E-state index contributed by atoms with van der Waals surface area (Å²) in [7, 11) is 1.70. The standard InChI is InChI=1S/C24H29N3O2/c1-29-23-6-2-4-19(15-23)17-27-12-11-26(18-22(27)9-13-28)16-20-7-8-24-21(14-20)5-3-10-25-24/h2-8,10,14-15,22,28H,9,11-13,16-18H2,1H3/t22-/m1/s1. The molecule has 1 atom stereocenters. The van der Waals surface area contributed by atoms with Crippen molar-refractivity contribution in [3.8, 4) is 5.75 Å². The highest BCUT2D eigenvalue weighted by molar-refractivity contribution is 5.78. The van der Waals surface area contributed by atoms with Crippen LogP contribution in [0.25, 0.3) is 10.9 Å². The van der Waals surface area contributed by atoms with Gasteiger partial charge in [0.05, 0.1) is 12.6 Å². The maximum Gasteiger partial charge on any atom is 0.119 e. The smallest absolute Gasteiger partial charge is 0.119 e. The number of pyridine rings is 1. The van der Waals surface area contributed by atoms with Crippen LogP contribution < -0.4 is 4.74 Å². The second-order valence-corrected chi connectivity index (χ2v) is 7.75. The fourth-order valence-electron chi connectivity index (χ4n) is 4.22. The summed E-state index contributed by atoms with van der Waals surface area (Å²) in [5.41, 5.74) is 3.61. The van der Waals surface area contributed by atoms with E-state index in [9.17, 15) is 5.11 Å². The molecule has 0 amide bonds. The minimum absolute atomic E-state index is 0.217. The van der Waals surface area contributed by atoms with Crippen LogP contribution in [0.3, 0.4) is 0 Å². The van der Waals surface area contributed by atoms with Gasteiger partial charge in [0.1, 0.15) is 5.75 Å². The molecule has 1 aliphatic rings. The van der Waals surface area contributed by atoms with Gasteiger partial charge >= 0.3 is 0 Å².